The molecule has 2 aromatic heterocycles. The van der Waals surface area contributed by atoms with Gasteiger partial charge in [-0.25, -0.2) is 13.4 Å². The van der Waals surface area contributed by atoms with Crippen LogP contribution in [0.5, 0.6) is 5.75 Å². The van der Waals surface area contributed by atoms with E-state index in [1.165, 1.54) is 4.52 Å². The van der Waals surface area contributed by atoms with Gasteiger partial charge in [-0.2, -0.15) is 4.52 Å². The number of benzene rings is 3. The van der Waals surface area contributed by atoms with Crippen LogP contribution in [0, 0.1) is 0 Å². The van der Waals surface area contributed by atoms with Crippen LogP contribution >= 0.6 is 0 Å². The van der Waals surface area contributed by atoms with Gasteiger partial charge in [0.1, 0.15) is 11.6 Å². The van der Waals surface area contributed by atoms with Gasteiger partial charge < -0.3 is 10.1 Å². The molecular weight excluding hydrogens is 462 g/mol. The summed E-state index contributed by atoms with van der Waals surface area (Å²) in [4.78, 5) is 4.83. The average Bonchev–Trinajstić information content (AvgIpc) is 3.32. The minimum atomic E-state index is -3.92. The van der Waals surface area contributed by atoms with E-state index in [0.29, 0.717) is 23.8 Å². The van der Waals surface area contributed by atoms with Gasteiger partial charge in [0, 0.05) is 11.9 Å². The van der Waals surface area contributed by atoms with Crippen LogP contribution in [0.15, 0.2) is 82.7 Å². The maximum Gasteiger partial charge on any atom is 0.229 e. The zero-order chi connectivity index (χ0) is 24.6. The third kappa shape index (κ3) is 4.19. The Morgan fingerprint density at radius 1 is 0.971 bits per heavy atom. The van der Waals surface area contributed by atoms with Crippen molar-refractivity contribution >= 4 is 32.2 Å². The van der Waals surface area contributed by atoms with Crippen LogP contribution in [0.2, 0.25) is 0 Å². The van der Waals surface area contributed by atoms with Gasteiger partial charge >= 0.3 is 0 Å². The first-order valence-electron chi connectivity index (χ1n) is 11.2. The van der Waals surface area contributed by atoms with E-state index in [-0.39, 0.29) is 15.6 Å². The van der Waals surface area contributed by atoms with E-state index in [1.807, 2.05) is 60.7 Å². The number of fused-ring (bicyclic) bond motifs is 3. The zero-order valence-corrected chi connectivity index (χ0v) is 20.5. The van der Waals surface area contributed by atoms with Crippen molar-refractivity contribution in [1.82, 2.24) is 19.8 Å². The van der Waals surface area contributed by atoms with Crippen molar-refractivity contribution < 1.29 is 13.2 Å². The predicted molar refractivity (Wildman–Crippen MR) is 135 cm³/mol. The Hall–Kier alpha value is -3.98. The van der Waals surface area contributed by atoms with E-state index in [0.717, 1.165) is 22.3 Å². The maximum absolute atomic E-state index is 13.5. The molecule has 0 fully saturated rings. The average molecular weight is 488 g/mol. The van der Waals surface area contributed by atoms with E-state index >= 15 is 0 Å². The summed E-state index contributed by atoms with van der Waals surface area (Å²) >= 11 is 0. The third-order valence-electron chi connectivity index (χ3n) is 5.95. The highest BCUT2D eigenvalue weighted by atomic mass is 32.2. The fraction of sp³-hybridized carbons (Fsp3) is 0.192. The van der Waals surface area contributed by atoms with Gasteiger partial charge in [-0.3, -0.25) is 0 Å². The van der Waals surface area contributed by atoms with Gasteiger partial charge in [0.15, 0.2) is 5.65 Å². The number of nitrogens with zero attached hydrogens (tertiary/aromatic N) is 4. The van der Waals surface area contributed by atoms with Crippen LogP contribution in [0.25, 0.3) is 16.6 Å². The normalized spacial score (nSPS) is 11.9. The number of hydrogen-bond donors (Lipinski definition) is 1. The van der Waals surface area contributed by atoms with Gasteiger partial charge in [0.05, 0.1) is 17.5 Å². The molecule has 5 aromatic rings. The van der Waals surface area contributed by atoms with Crippen molar-refractivity contribution in [2.24, 2.45) is 0 Å². The standard InChI is InChI=1S/C26H25N5O3S/c1-17(2)19-10-14-21(15-11-19)35(32,33)26-25-28-24(27-16-18-8-12-20(34-3)13-9-18)22-6-4-5-7-23(22)31(25)30-29-26/h4-15,17H,16H2,1-3H3,(H,27,28). The van der Waals surface area contributed by atoms with E-state index in [9.17, 15) is 8.42 Å². The SMILES string of the molecule is COc1ccc(CNc2nc3c(S(=O)(=O)c4ccc(C(C)C)cc4)nnn3c3ccccc23)cc1. The molecule has 35 heavy (non-hydrogen) atoms. The number of para-hydroxylation sites is 1. The smallest absolute Gasteiger partial charge is 0.229 e. The lowest BCUT2D eigenvalue weighted by Crippen LogP contribution is -2.07. The lowest BCUT2D eigenvalue weighted by molar-refractivity contribution is 0.414. The first-order valence-corrected chi connectivity index (χ1v) is 12.7. The summed E-state index contributed by atoms with van der Waals surface area (Å²) < 4.78 is 33.7. The summed E-state index contributed by atoms with van der Waals surface area (Å²) in [5.74, 6) is 1.63. The van der Waals surface area contributed by atoms with Crippen molar-refractivity contribution in [2.45, 2.75) is 36.2 Å². The lowest BCUT2D eigenvalue weighted by Gasteiger charge is -2.11. The first-order chi connectivity index (χ1) is 16.9. The minimum absolute atomic E-state index is 0.159. The number of ether oxygens (including phenoxy) is 1. The zero-order valence-electron chi connectivity index (χ0n) is 19.6. The fourth-order valence-corrected chi connectivity index (χ4v) is 5.16. The van der Waals surface area contributed by atoms with E-state index in [1.54, 1.807) is 19.2 Å². The molecule has 5 rings (SSSR count). The van der Waals surface area contributed by atoms with Crippen molar-refractivity contribution in [3.63, 3.8) is 0 Å². The largest absolute Gasteiger partial charge is 0.497 e. The summed E-state index contributed by atoms with van der Waals surface area (Å²) in [5, 5.41) is 12.2. The van der Waals surface area contributed by atoms with E-state index in [4.69, 9.17) is 4.74 Å². The lowest BCUT2D eigenvalue weighted by atomic mass is 10.0. The summed E-state index contributed by atoms with van der Waals surface area (Å²) in [6, 6.07) is 22.1. The Kier molecular flexibility index (Phi) is 5.86. The number of sulfone groups is 1. The highest BCUT2D eigenvalue weighted by Gasteiger charge is 2.27. The molecule has 0 aliphatic heterocycles. The van der Waals surface area contributed by atoms with Gasteiger partial charge in [0.25, 0.3) is 0 Å². The highest BCUT2D eigenvalue weighted by molar-refractivity contribution is 7.91. The molecule has 0 spiro atoms. The predicted octanol–water partition coefficient (Wildman–Crippen LogP) is 4.85. The highest BCUT2D eigenvalue weighted by Crippen LogP contribution is 2.29. The van der Waals surface area contributed by atoms with Crippen LogP contribution in [0.4, 0.5) is 5.82 Å². The molecule has 0 saturated heterocycles. The topological polar surface area (TPSA) is 98.5 Å². The fourth-order valence-electron chi connectivity index (χ4n) is 3.93. The Bertz CT molecular complexity index is 1610. The van der Waals surface area contributed by atoms with Gasteiger partial charge in [-0.15, -0.1) is 5.10 Å². The second-order valence-corrected chi connectivity index (χ2v) is 10.4. The second-order valence-electron chi connectivity index (χ2n) is 8.54. The van der Waals surface area contributed by atoms with Crippen LogP contribution < -0.4 is 10.1 Å². The van der Waals surface area contributed by atoms with Crippen molar-refractivity contribution in [1.29, 1.82) is 0 Å². The third-order valence-corrected chi connectivity index (χ3v) is 7.62. The summed E-state index contributed by atoms with van der Waals surface area (Å²) in [6.07, 6.45) is 0. The molecule has 0 aliphatic carbocycles. The molecule has 0 bridgehead atoms. The van der Waals surface area contributed by atoms with Gasteiger partial charge in [-0.05, 0) is 53.4 Å². The Morgan fingerprint density at radius 2 is 1.69 bits per heavy atom. The molecule has 9 heteroatoms. The number of anilines is 1. The maximum atomic E-state index is 13.5. The summed E-state index contributed by atoms with van der Waals surface area (Å²) in [7, 11) is -2.30. The Morgan fingerprint density at radius 3 is 2.37 bits per heavy atom. The molecule has 3 aromatic carbocycles. The number of aromatic nitrogens is 4. The number of nitrogens with one attached hydrogen (secondary N) is 1. The molecule has 8 nitrogen and oxygen atoms in total. The minimum Gasteiger partial charge on any atom is -0.497 e. The van der Waals surface area contributed by atoms with Crippen molar-refractivity contribution in [3.8, 4) is 5.75 Å². The van der Waals surface area contributed by atoms with Crippen molar-refractivity contribution in [3.05, 3.63) is 83.9 Å². The Balaban J connectivity index is 1.58. The van der Waals surface area contributed by atoms with Crippen molar-refractivity contribution in [2.75, 3.05) is 12.4 Å². The number of hydrogen-bond acceptors (Lipinski definition) is 7. The molecule has 0 unspecified atom stereocenters. The number of methoxy groups -OCH3 is 1. The van der Waals surface area contributed by atoms with Crippen LogP contribution in [0.1, 0.15) is 30.9 Å². The monoisotopic (exact) mass is 487 g/mol. The molecule has 2 heterocycles. The quantitative estimate of drug-likeness (QED) is 0.350. The molecule has 0 saturated carbocycles. The Labute approximate surface area is 203 Å². The molecular formula is C26H25N5O3S. The van der Waals surface area contributed by atoms with E-state index < -0.39 is 9.84 Å². The number of rotatable bonds is 7. The van der Waals surface area contributed by atoms with Crippen LogP contribution in [0.3, 0.4) is 0 Å². The molecule has 178 valence electrons. The molecule has 0 atom stereocenters. The second kappa shape index (κ2) is 8.99. The van der Waals surface area contributed by atoms with Gasteiger partial charge in [0.2, 0.25) is 14.9 Å². The molecule has 0 aliphatic rings. The van der Waals surface area contributed by atoms with Gasteiger partial charge in [-0.1, -0.05) is 55.5 Å². The molecule has 1 N–H and O–H groups in total. The van der Waals surface area contributed by atoms with Crippen LogP contribution in [-0.2, 0) is 16.4 Å². The molecule has 0 amide bonds. The first kappa shape index (κ1) is 22.8. The summed E-state index contributed by atoms with van der Waals surface area (Å²) in [5.41, 5.74) is 2.97. The summed E-state index contributed by atoms with van der Waals surface area (Å²) in [6.45, 7) is 4.62. The van der Waals surface area contributed by atoms with Crippen LogP contribution in [-0.4, -0.2) is 35.3 Å². The molecule has 0 radical (unpaired) electrons. The van der Waals surface area contributed by atoms with E-state index in [2.05, 4.69) is 34.5 Å².